The summed E-state index contributed by atoms with van der Waals surface area (Å²) in [4.78, 5) is 12.6. The Labute approximate surface area is 108 Å². The summed E-state index contributed by atoms with van der Waals surface area (Å²) in [5.74, 6) is 0.0631. The number of hydrogen-bond donors (Lipinski definition) is 2. The summed E-state index contributed by atoms with van der Waals surface area (Å²) in [7, 11) is 0. The first kappa shape index (κ1) is 13.8. The number of amides is 1. The van der Waals surface area contributed by atoms with Gasteiger partial charge in [-0.05, 0) is 33.1 Å². The number of carbonyl (C=O) groups excluding carboxylic acids is 1. The van der Waals surface area contributed by atoms with Gasteiger partial charge in [0.05, 0.1) is 17.1 Å². The Hall–Kier alpha value is -0.650. The molecule has 2 rings (SSSR count). The molecule has 5 heteroatoms. The number of rotatable bonds is 3. The van der Waals surface area contributed by atoms with Gasteiger partial charge in [0.2, 0.25) is 5.91 Å². The molecule has 0 aliphatic carbocycles. The summed E-state index contributed by atoms with van der Waals surface area (Å²) in [6, 6.07) is 0. The monoisotopic (exact) mass is 256 g/mol. The van der Waals surface area contributed by atoms with Gasteiger partial charge in [0.1, 0.15) is 0 Å². The van der Waals surface area contributed by atoms with Gasteiger partial charge in [-0.3, -0.25) is 4.79 Å². The van der Waals surface area contributed by atoms with Gasteiger partial charge in [-0.2, -0.15) is 0 Å². The van der Waals surface area contributed by atoms with Crippen LogP contribution in [-0.4, -0.2) is 43.9 Å². The van der Waals surface area contributed by atoms with Crippen LogP contribution in [-0.2, 0) is 14.3 Å². The summed E-state index contributed by atoms with van der Waals surface area (Å²) in [5, 5.41) is 3.17. The lowest BCUT2D eigenvalue weighted by atomic mass is 9.78. The number of carbonyl (C=O) groups is 1. The van der Waals surface area contributed by atoms with E-state index in [2.05, 4.69) is 5.32 Å². The molecule has 0 aromatic heterocycles. The van der Waals surface area contributed by atoms with E-state index < -0.39 is 5.41 Å². The van der Waals surface area contributed by atoms with Crippen LogP contribution in [0.2, 0.25) is 0 Å². The minimum atomic E-state index is -0.455. The van der Waals surface area contributed by atoms with Gasteiger partial charge >= 0.3 is 0 Å². The van der Waals surface area contributed by atoms with E-state index in [9.17, 15) is 4.79 Å². The normalized spacial score (nSPS) is 35.4. The Morgan fingerprint density at radius 3 is 2.50 bits per heavy atom. The van der Waals surface area contributed by atoms with Gasteiger partial charge in [-0.15, -0.1) is 0 Å². The average molecular weight is 256 g/mol. The average Bonchev–Trinajstić information content (AvgIpc) is 2.70. The molecule has 2 fully saturated rings. The molecule has 1 amide bonds. The molecule has 0 spiro atoms. The van der Waals surface area contributed by atoms with Crippen molar-refractivity contribution >= 4 is 5.91 Å². The summed E-state index contributed by atoms with van der Waals surface area (Å²) in [6.07, 6.45) is 2.33. The first-order chi connectivity index (χ1) is 8.52. The van der Waals surface area contributed by atoms with E-state index in [0.29, 0.717) is 39.2 Å². The van der Waals surface area contributed by atoms with Crippen molar-refractivity contribution in [3.05, 3.63) is 0 Å². The quantitative estimate of drug-likeness (QED) is 0.768. The smallest absolute Gasteiger partial charge is 0.228 e. The molecule has 2 unspecified atom stereocenters. The van der Waals surface area contributed by atoms with Crippen LogP contribution >= 0.6 is 0 Å². The van der Waals surface area contributed by atoms with E-state index in [1.807, 2.05) is 13.8 Å². The molecule has 2 aliphatic rings. The lowest BCUT2D eigenvalue weighted by Crippen LogP contribution is -2.58. The molecule has 0 radical (unpaired) electrons. The topological polar surface area (TPSA) is 73.6 Å². The standard InChI is InChI=1S/C13H24N2O3/c1-10-12(2,3-8-18-10)15-11(16)13(9-14)4-6-17-7-5-13/h10H,3-9,14H2,1-2H3,(H,15,16). The van der Waals surface area contributed by atoms with Crippen molar-refractivity contribution in [3.8, 4) is 0 Å². The van der Waals surface area contributed by atoms with Crippen molar-refractivity contribution in [1.29, 1.82) is 0 Å². The van der Waals surface area contributed by atoms with E-state index in [-0.39, 0.29) is 17.6 Å². The Morgan fingerprint density at radius 1 is 1.33 bits per heavy atom. The van der Waals surface area contributed by atoms with Crippen LogP contribution < -0.4 is 11.1 Å². The summed E-state index contributed by atoms with van der Waals surface area (Å²) >= 11 is 0. The van der Waals surface area contributed by atoms with Crippen molar-refractivity contribution in [2.45, 2.75) is 44.8 Å². The maximum absolute atomic E-state index is 12.6. The molecule has 104 valence electrons. The van der Waals surface area contributed by atoms with Crippen molar-refractivity contribution in [1.82, 2.24) is 5.32 Å². The highest BCUT2D eigenvalue weighted by Gasteiger charge is 2.45. The zero-order chi connectivity index (χ0) is 13.2. The second kappa shape index (κ2) is 5.15. The van der Waals surface area contributed by atoms with E-state index in [4.69, 9.17) is 15.2 Å². The summed E-state index contributed by atoms with van der Waals surface area (Å²) in [5.41, 5.74) is 5.12. The van der Waals surface area contributed by atoms with Crippen molar-refractivity contribution in [3.63, 3.8) is 0 Å². The van der Waals surface area contributed by atoms with E-state index in [1.54, 1.807) is 0 Å². The molecule has 0 aromatic rings. The number of nitrogens with two attached hydrogens (primary N) is 1. The van der Waals surface area contributed by atoms with Gasteiger partial charge in [-0.25, -0.2) is 0 Å². The Kier molecular flexibility index (Phi) is 3.94. The number of nitrogens with one attached hydrogen (secondary N) is 1. The zero-order valence-electron chi connectivity index (χ0n) is 11.3. The molecule has 5 nitrogen and oxygen atoms in total. The predicted molar refractivity (Wildman–Crippen MR) is 68.1 cm³/mol. The first-order valence-electron chi connectivity index (χ1n) is 6.74. The highest BCUT2D eigenvalue weighted by atomic mass is 16.5. The van der Waals surface area contributed by atoms with Crippen LogP contribution in [0.5, 0.6) is 0 Å². The fourth-order valence-electron chi connectivity index (χ4n) is 2.68. The molecular formula is C13H24N2O3. The van der Waals surface area contributed by atoms with Gasteiger partial charge < -0.3 is 20.5 Å². The van der Waals surface area contributed by atoms with E-state index in [1.165, 1.54) is 0 Å². The third-order valence-electron chi connectivity index (χ3n) is 4.61. The van der Waals surface area contributed by atoms with Crippen LogP contribution in [0.25, 0.3) is 0 Å². The Morgan fingerprint density at radius 2 is 2.00 bits per heavy atom. The maximum atomic E-state index is 12.6. The molecular weight excluding hydrogens is 232 g/mol. The minimum absolute atomic E-state index is 0.0520. The van der Waals surface area contributed by atoms with Crippen LogP contribution in [0.4, 0.5) is 0 Å². The third-order valence-corrected chi connectivity index (χ3v) is 4.61. The molecule has 0 saturated carbocycles. The van der Waals surface area contributed by atoms with E-state index >= 15 is 0 Å². The van der Waals surface area contributed by atoms with Crippen molar-refractivity contribution < 1.29 is 14.3 Å². The third kappa shape index (κ3) is 2.39. The number of ether oxygens (including phenoxy) is 2. The first-order valence-corrected chi connectivity index (χ1v) is 6.74. The SMILES string of the molecule is CC1OCCC1(C)NC(=O)C1(CN)CCOCC1. The lowest BCUT2D eigenvalue weighted by Gasteiger charge is -2.38. The summed E-state index contributed by atoms with van der Waals surface area (Å²) < 4.78 is 10.9. The second-order valence-electron chi connectivity index (χ2n) is 5.73. The highest BCUT2D eigenvalue weighted by Crippen LogP contribution is 2.32. The van der Waals surface area contributed by atoms with Crippen LogP contribution in [0.3, 0.4) is 0 Å². The highest BCUT2D eigenvalue weighted by molar-refractivity contribution is 5.83. The molecule has 2 saturated heterocycles. The molecule has 2 atom stereocenters. The second-order valence-corrected chi connectivity index (χ2v) is 5.73. The molecule has 0 aromatic carbocycles. The maximum Gasteiger partial charge on any atom is 0.228 e. The van der Waals surface area contributed by atoms with Gasteiger partial charge in [0, 0.05) is 26.4 Å². The van der Waals surface area contributed by atoms with Crippen LogP contribution in [0.15, 0.2) is 0 Å². The predicted octanol–water partition coefficient (Wildman–Crippen LogP) is 0.426. The minimum Gasteiger partial charge on any atom is -0.381 e. The fourth-order valence-corrected chi connectivity index (χ4v) is 2.68. The molecule has 2 heterocycles. The molecule has 3 N–H and O–H groups in total. The van der Waals surface area contributed by atoms with Crippen LogP contribution in [0.1, 0.15) is 33.1 Å². The fraction of sp³-hybridized carbons (Fsp3) is 0.923. The molecule has 2 aliphatic heterocycles. The Balaban J connectivity index is 2.05. The van der Waals surface area contributed by atoms with Gasteiger partial charge in [-0.1, -0.05) is 0 Å². The largest absolute Gasteiger partial charge is 0.381 e. The number of hydrogen-bond acceptors (Lipinski definition) is 4. The summed E-state index contributed by atoms with van der Waals surface area (Å²) in [6.45, 7) is 6.38. The van der Waals surface area contributed by atoms with Gasteiger partial charge in [0.25, 0.3) is 0 Å². The lowest BCUT2D eigenvalue weighted by molar-refractivity contribution is -0.138. The molecule has 18 heavy (non-hydrogen) atoms. The van der Waals surface area contributed by atoms with Crippen LogP contribution in [0, 0.1) is 5.41 Å². The van der Waals surface area contributed by atoms with Crippen molar-refractivity contribution in [2.75, 3.05) is 26.4 Å². The van der Waals surface area contributed by atoms with E-state index in [0.717, 1.165) is 6.42 Å². The van der Waals surface area contributed by atoms with Crippen molar-refractivity contribution in [2.24, 2.45) is 11.1 Å². The molecule has 0 bridgehead atoms. The Bertz CT molecular complexity index is 315. The van der Waals surface area contributed by atoms with Gasteiger partial charge in [0.15, 0.2) is 0 Å². The zero-order valence-corrected chi connectivity index (χ0v) is 11.3.